The number of imidazole rings is 1. The summed E-state index contributed by atoms with van der Waals surface area (Å²) in [5.74, 6) is -1.43. The van der Waals surface area contributed by atoms with E-state index < -0.39 is 95.8 Å². The van der Waals surface area contributed by atoms with Gasteiger partial charge in [-0.2, -0.15) is 4.31 Å². The maximum atomic E-state index is 14.0. The third kappa shape index (κ3) is 15.5. The molecule has 0 aromatic carbocycles. The van der Waals surface area contributed by atoms with Gasteiger partial charge in [-0.25, -0.2) is 33.0 Å². The van der Waals surface area contributed by atoms with Gasteiger partial charge in [0.2, 0.25) is 16.9 Å². The summed E-state index contributed by atoms with van der Waals surface area (Å²) in [6, 6.07) is 0. The molecule has 1 saturated heterocycles. The van der Waals surface area contributed by atoms with Crippen molar-refractivity contribution in [2.75, 3.05) is 37.8 Å². The number of amides is 2. The lowest BCUT2D eigenvalue weighted by molar-refractivity contribution is -0.137. The third-order valence-corrected chi connectivity index (χ3v) is 12.4. The Bertz CT molecular complexity index is 1860. The molecular formula is C29H49FN7O17P3S. The molecule has 1 fully saturated rings. The van der Waals surface area contributed by atoms with Crippen molar-refractivity contribution in [1.29, 1.82) is 0 Å². The van der Waals surface area contributed by atoms with Crippen LogP contribution in [0.2, 0.25) is 0 Å². The number of phosphoric ester groups is 3. The number of nitrogens with two attached hydrogens (primary N) is 1. The molecule has 1 aliphatic rings. The number of aliphatic hydroxyl groups excluding tert-OH is 2. The predicted molar refractivity (Wildman–Crippen MR) is 201 cm³/mol. The molecule has 8 atom stereocenters. The number of nitrogens with one attached hydrogen (secondary N) is 2. The Kier molecular flexibility index (Phi) is 18.8. The molecule has 58 heavy (non-hydrogen) atoms. The van der Waals surface area contributed by atoms with E-state index in [4.69, 9.17) is 19.5 Å². The van der Waals surface area contributed by atoms with Crippen LogP contribution in [0.25, 0.3) is 11.2 Å². The van der Waals surface area contributed by atoms with Crippen LogP contribution in [-0.2, 0) is 50.7 Å². The number of rotatable bonds is 25. The molecule has 0 saturated carbocycles. The quantitative estimate of drug-likeness (QED) is 0.0495. The van der Waals surface area contributed by atoms with Crippen LogP contribution >= 0.6 is 35.2 Å². The van der Waals surface area contributed by atoms with Gasteiger partial charge in [-0.3, -0.25) is 32.5 Å². The molecule has 0 aliphatic carbocycles. The van der Waals surface area contributed by atoms with Crippen LogP contribution in [0.15, 0.2) is 12.7 Å². The van der Waals surface area contributed by atoms with E-state index in [0.717, 1.165) is 48.2 Å². The van der Waals surface area contributed by atoms with Crippen LogP contribution in [0, 0.1) is 5.41 Å². The predicted octanol–water partition coefficient (Wildman–Crippen LogP) is 0.973. The second-order valence-electron chi connectivity index (χ2n) is 13.6. The first-order chi connectivity index (χ1) is 27.0. The van der Waals surface area contributed by atoms with Crippen LogP contribution in [-0.4, -0.2) is 129 Å². The molecule has 0 bridgehead atoms. The molecule has 2 aromatic heterocycles. The molecule has 2 aromatic rings. The molecule has 330 valence electrons. The Hall–Kier alpha value is -2.51. The van der Waals surface area contributed by atoms with Crippen LogP contribution < -0.4 is 16.4 Å². The smallest absolute Gasteiger partial charge is 0.386 e. The summed E-state index contributed by atoms with van der Waals surface area (Å²) in [4.78, 5) is 87.5. The average molecular weight is 912 g/mol. The molecule has 8 unspecified atom stereocenters. The van der Waals surface area contributed by atoms with Crippen LogP contribution in [0.4, 0.5) is 10.2 Å². The SMILES string of the molecule is CCCCCCC(F)C(=O)SCCNC(=O)CCNC(=O)C(O)C(C)(C)COP(=O)(O)OP(=O)(O)OCC1OC(n2cnc3c(N)ncnc32)C(O)C1OP(=O)(O)O. The molecule has 2 amide bonds. The van der Waals surface area contributed by atoms with Gasteiger partial charge in [0.1, 0.15) is 36.3 Å². The van der Waals surface area contributed by atoms with Gasteiger partial charge in [0.15, 0.2) is 23.9 Å². The number of hydrogen-bond donors (Lipinski definition) is 9. The molecule has 10 N–H and O–H groups in total. The number of unbranched alkanes of at least 4 members (excludes halogenated alkanes) is 3. The zero-order valence-corrected chi connectivity index (χ0v) is 35.1. The summed E-state index contributed by atoms with van der Waals surface area (Å²) in [6.07, 6.45) is -5.07. The average Bonchev–Trinajstić information content (AvgIpc) is 3.69. The Morgan fingerprint density at radius 3 is 2.41 bits per heavy atom. The fraction of sp³-hybridized carbons (Fsp3) is 0.724. The fourth-order valence-corrected chi connectivity index (χ4v) is 8.77. The highest BCUT2D eigenvalue weighted by Crippen LogP contribution is 2.61. The van der Waals surface area contributed by atoms with Gasteiger partial charge in [-0.05, 0) is 6.42 Å². The molecule has 1 aliphatic heterocycles. The van der Waals surface area contributed by atoms with Crippen molar-refractivity contribution in [3.63, 3.8) is 0 Å². The first-order valence-electron chi connectivity index (χ1n) is 17.7. The number of carbonyl (C=O) groups excluding carboxylic acids is 3. The van der Waals surface area contributed by atoms with Gasteiger partial charge >= 0.3 is 23.5 Å². The van der Waals surface area contributed by atoms with E-state index in [9.17, 15) is 62.3 Å². The number of hydrogen-bond acceptors (Lipinski definition) is 18. The standard InChI is InChI=1S/C29H49FN7O17P3S/c1-4-5-6-7-8-17(30)28(42)58-12-11-32-19(38)9-10-33-26(41)23(40)29(2,3)14-51-57(48,49)54-56(46,47)50-13-18-22(53-55(43,44)45)21(39)27(52-18)37-16-36-20-24(31)34-15-35-25(20)37/h15-18,21-23,27,39-40H,4-14H2,1-3H3,(H,32,38)(H,33,41)(H,46,47)(H,48,49)(H2,31,34,35)(H2,43,44,45). The normalized spacial score (nSPS) is 21.9. The number of nitrogens with zero attached hydrogens (tertiary/aromatic N) is 4. The van der Waals surface area contributed by atoms with E-state index in [-0.39, 0.29) is 48.7 Å². The lowest BCUT2D eigenvalue weighted by Crippen LogP contribution is -2.46. The Balaban J connectivity index is 1.45. The van der Waals surface area contributed by atoms with E-state index in [2.05, 4.69) is 34.4 Å². The van der Waals surface area contributed by atoms with Crippen LogP contribution in [0.5, 0.6) is 0 Å². The topological polar surface area (TPSA) is 364 Å². The maximum absolute atomic E-state index is 14.0. The summed E-state index contributed by atoms with van der Waals surface area (Å²) in [6.45, 7) is 2.25. The second-order valence-corrected chi connectivity index (χ2v) is 18.9. The minimum absolute atomic E-state index is 0.0234. The summed E-state index contributed by atoms with van der Waals surface area (Å²) in [5.41, 5.74) is 4.22. The molecule has 29 heteroatoms. The minimum Gasteiger partial charge on any atom is -0.386 e. The van der Waals surface area contributed by atoms with Gasteiger partial charge in [-0.1, -0.05) is 58.2 Å². The van der Waals surface area contributed by atoms with Gasteiger partial charge in [0.25, 0.3) is 0 Å². The number of fused-ring (bicyclic) bond motifs is 1. The Morgan fingerprint density at radius 2 is 1.74 bits per heavy atom. The van der Waals surface area contributed by atoms with Gasteiger partial charge in [0, 0.05) is 30.7 Å². The highest BCUT2D eigenvalue weighted by Gasteiger charge is 2.50. The summed E-state index contributed by atoms with van der Waals surface area (Å²) < 4.78 is 76.0. The highest BCUT2D eigenvalue weighted by molar-refractivity contribution is 8.13. The number of carbonyl (C=O) groups is 3. The number of thioether (sulfide) groups is 1. The van der Waals surface area contributed by atoms with E-state index in [0.29, 0.717) is 6.42 Å². The lowest BCUT2D eigenvalue weighted by Gasteiger charge is -2.30. The zero-order chi connectivity index (χ0) is 43.5. The molecule has 24 nitrogen and oxygen atoms in total. The highest BCUT2D eigenvalue weighted by atomic mass is 32.2. The first-order valence-corrected chi connectivity index (χ1v) is 23.2. The van der Waals surface area contributed by atoms with Gasteiger partial charge < -0.3 is 50.9 Å². The van der Waals surface area contributed by atoms with Crippen molar-refractivity contribution < 1.29 is 84.9 Å². The van der Waals surface area contributed by atoms with Crippen LogP contribution in [0.1, 0.15) is 65.5 Å². The third-order valence-electron chi connectivity index (χ3n) is 8.31. The number of halogens is 1. The summed E-state index contributed by atoms with van der Waals surface area (Å²) in [5, 5.41) is 25.7. The van der Waals surface area contributed by atoms with E-state index >= 15 is 0 Å². The second kappa shape index (κ2) is 21.8. The number of aliphatic hydroxyl groups is 2. The number of aromatic nitrogens is 4. The zero-order valence-electron chi connectivity index (χ0n) is 31.6. The maximum Gasteiger partial charge on any atom is 0.481 e. The number of phosphoric acid groups is 3. The molecular weight excluding hydrogens is 862 g/mol. The van der Waals surface area contributed by atoms with Gasteiger partial charge in [0.05, 0.1) is 19.5 Å². The Labute approximate surface area is 335 Å². The lowest BCUT2D eigenvalue weighted by atomic mass is 9.87. The van der Waals surface area contributed by atoms with E-state index in [1.165, 1.54) is 13.8 Å². The van der Waals surface area contributed by atoms with Crippen molar-refractivity contribution >= 4 is 69.1 Å². The molecule has 0 spiro atoms. The number of nitrogen functional groups attached to an aromatic ring is 1. The number of alkyl halides is 1. The van der Waals surface area contributed by atoms with Crippen LogP contribution in [0.3, 0.4) is 0 Å². The van der Waals surface area contributed by atoms with Crippen molar-refractivity contribution in [2.45, 2.75) is 96.1 Å². The van der Waals surface area contributed by atoms with E-state index in [1.807, 2.05) is 6.92 Å². The summed E-state index contributed by atoms with van der Waals surface area (Å²) >= 11 is 0.767. The minimum atomic E-state index is -5.59. The monoisotopic (exact) mass is 911 g/mol. The molecule has 0 radical (unpaired) electrons. The Morgan fingerprint density at radius 1 is 1.05 bits per heavy atom. The van der Waals surface area contributed by atoms with E-state index in [1.54, 1.807) is 0 Å². The van der Waals surface area contributed by atoms with Crippen molar-refractivity contribution in [3.8, 4) is 0 Å². The van der Waals surface area contributed by atoms with Crippen molar-refractivity contribution in [3.05, 3.63) is 12.7 Å². The number of anilines is 1. The molecule has 3 rings (SSSR count). The number of ether oxygens (including phenoxy) is 1. The molecule has 3 heterocycles. The van der Waals surface area contributed by atoms with Crippen molar-refractivity contribution in [1.82, 2.24) is 30.2 Å². The van der Waals surface area contributed by atoms with Crippen molar-refractivity contribution in [2.24, 2.45) is 5.41 Å². The summed E-state index contributed by atoms with van der Waals surface area (Å²) in [7, 11) is -16.4. The largest absolute Gasteiger partial charge is 0.481 e. The fourth-order valence-electron chi connectivity index (χ4n) is 5.24. The first kappa shape index (κ1) is 49.8. The van der Waals surface area contributed by atoms with Gasteiger partial charge in [-0.15, -0.1) is 0 Å².